The summed E-state index contributed by atoms with van der Waals surface area (Å²) in [5.41, 5.74) is 10.3. The molecule has 0 amide bonds. The molecule has 8 heavy (non-hydrogen) atoms. The maximum atomic E-state index is 8.27. The zero-order valence-corrected chi connectivity index (χ0v) is 4.62. The van der Waals surface area contributed by atoms with E-state index < -0.39 is 6.29 Å². The SMILES string of the molecule is NCC(N)CC(O)O. The van der Waals surface area contributed by atoms with Crippen LogP contribution in [0.15, 0.2) is 0 Å². The van der Waals surface area contributed by atoms with Crippen LogP contribution in [0, 0.1) is 0 Å². The third-order valence-electron chi connectivity index (χ3n) is 0.816. The Kier molecular flexibility index (Phi) is 3.72. The van der Waals surface area contributed by atoms with Gasteiger partial charge < -0.3 is 21.7 Å². The molecule has 0 rings (SSSR count). The molecular weight excluding hydrogens is 108 g/mol. The maximum absolute atomic E-state index is 8.27. The van der Waals surface area contributed by atoms with Gasteiger partial charge >= 0.3 is 0 Å². The number of hydrogen-bond acceptors (Lipinski definition) is 4. The van der Waals surface area contributed by atoms with Gasteiger partial charge in [-0.3, -0.25) is 0 Å². The van der Waals surface area contributed by atoms with E-state index in [2.05, 4.69) is 0 Å². The van der Waals surface area contributed by atoms with Gasteiger partial charge in [0.05, 0.1) is 0 Å². The van der Waals surface area contributed by atoms with Crippen molar-refractivity contribution in [3.05, 3.63) is 0 Å². The van der Waals surface area contributed by atoms with Crippen molar-refractivity contribution in [3.8, 4) is 0 Å². The zero-order valence-electron chi connectivity index (χ0n) is 4.62. The van der Waals surface area contributed by atoms with Gasteiger partial charge in [0.25, 0.3) is 0 Å². The molecule has 0 radical (unpaired) electrons. The molecule has 0 saturated carbocycles. The van der Waals surface area contributed by atoms with Crippen molar-refractivity contribution in [3.63, 3.8) is 0 Å². The Bertz CT molecular complexity index is 58.0. The van der Waals surface area contributed by atoms with E-state index in [1.807, 2.05) is 0 Å². The van der Waals surface area contributed by atoms with Crippen LogP contribution in [-0.2, 0) is 0 Å². The van der Waals surface area contributed by atoms with Gasteiger partial charge in [0, 0.05) is 19.0 Å². The standard InChI is InChI=1S/C4H12N2O2/c5-2-3(6)1-4(7)8/h3-4,7-8H,1-2,5-6H2. The highest BCUT2D eigenvalue weighted by Crippen LogP contribution is 1.88. The molecule has 0 heterocycles. The van der Waals surface area contributed by atoms with Crippen LogP contribution in [0.4, 0.5) is 0 Å². The Balaban J connectivity index is 3.10. The Hall–Kier alpha value is -0.160. The summed E-state index contributed by atoms with van der Waals surface area (Å²) in [5.74, 6) is 0. The van der Waals surface area contributed by atoms with Gasteiger partial charge in [-0.25, -0.2) is 0 Å². The molecular formula is C4H12N2O2. The topological polar surface area (TPSA) is 92.5 Å². The van der Waals surface area contributed by atoms with E-state index >= 15 is 0 Å². The van der Waals surface area contributed by atoms with Crippen molar-refractivity contribution in [2.75, 3.05) is 6.54 Å². The van der Waals surface area contributed by atoms with Gasteiger partial charge in [0.15, 0.2) is 6.29 Å². The summed E-state index contributed by atoms with van der Waals surface area (Å²) in [6, 6.07) is -0.296. The first-order valence-electron chi connectivity index (χ1n) is 2.48. The normalized spacial score (nSPS) is 14.6. The lowest BCUT2D eigenvalue weighted by Crippen LogP contribution is -2.33. The van der Waals surface area contributed by atoms with Crippen LogP contribution in [0.1, 0.15) is 6.42 Å². The summed E-state index contributed by atoms with van der Waals surface area (Å²) >= 11 is 0. The largest absolute Gasteiger partial charge is 0.368 e. The Morgan fingerprint density at radius 3 is 2.00 bits per heavy atom. The molecule has 4 heteroatoms. The third kappa shape index (κ3) is 4.01. The van der Waals surface area contributed by atoms with Crippen LogP contribution in [-0.4, -0.2) is 29.1 Å². The van der Waals surface area contributed by atoms with Crippen LogP contribution in [0.2, 0.25) is 0 Å². The van der Waals surface area contributed by atoms with Crippen molar-refractivity contribution in [2.45, 2.75) is 18.8 Å². The van der Waals surface area contributed by atoms with Crippen molar-refractivity contribution >= 4 is 0 Å². The average molecular weight is 120 g/mol. The highest BCUT2D eigenvalue weighted by atomic mass is 16.5. The summed E-state index contributed by atoms with van der Waals surface area (Å²) in [5, 5.41) is 16.5. The van der Waals surface area contributed by atoms with E-state index in [4.69, 9.17) is 21.7 Å². The number of rotatable bonds is 3. The molecule has 0 fully saturated rings. The minimum atomic E-state index is -1.33. The summed E-state index contributed by atoms with van der Waals surface area (Å²) in [6.07, 6.45) is -1.18. The highest BCUT2D eigenvalue weighted by molar-refractivity contribution is 4.60. The number of aliphatic hydroxyl groups is 2. The minimum Gasteiger partial charge on any atom is -0.368 e. The van der Waals surface area contributed by atoms with E-state index in [1.165, 1.54) is 0 Å². The summed E-state index contributed by atoms with van der Waals surface area (Å²) in [4.78, 5) is 0. The van der Waals surface area contributed by atoms with Gasteiger partial charge in [-0.2, -0.15) is 0 Å². The molecule has 1 unspecified atom stereocenters. The molecule has 6 N–H and O–H groups in total. The van der Waals surface area contributed by atoms with Crippen molar-refractivity contribution in [1.29, 1.82) is 0 Å². The quantitative estimate of drug-likeness (QED) is 0.323. The van der Waals surface area contributed by atoms with Crippen LogP contribution >= 0.6 is 0 Å². The lowest BCUT2D eigenvalue weighted by Gasteiger charge is -2.08. The van der Waals surface area contributed by atoms with Crippen molar-refractivity contribution < 1.29 is 10.2 Å². The van der Waals surface area contributed by atoms with Crippen molar-refractivity contribution in [1.82, 2.24) is 0 Å². The fourth-order valence-corrected chi connectivity index (χ4v) is 0.367. The Labute approximate surface area is 48.1 Å². The summed E-state index contributed by atoms with van der Waals surface area (Å²) < 4.78 is 0. The van der Waals surface area contributed by atoms with Crippen LogP contribution in [0.3, 0.4) is 0 Å². The molecule has 0 aliphatic rings. The predicted molar refractivity (Wildman–Crippen MR) is 29.9 cm³/mol. The molecule has 0 aromatic heterocycles. The Morgan fingerprint density at radius 1 is 1.38 bits per heavy atom. The molecule has 0 spiro atoms. The number of nitrogens with two attached hydrogens (primary N) is 2. The molecule has 0 aromatic carbocycles. The minimum absolute atomic E-state index is 0.149. The first-order valence-corrected chi connectivity index (χ1v) is 2.48. The van der Waals surface area contributed by atoms with E-state index in [-0.39, 0.29) is 19.0 Å². The molecule has 1 atom stereocenters. The van der Waals surface area contributed by atoms with E-state index in [0.717, 1.165) is 0 Å². The molecule has 50 valence electrons. The lowest BCUT2D eigenvalue weighted by molar-refractivity contribution is -0.0486. The molecule has 0 aromatic rings. The van der Waals surface area contributed by atoms with E-state index in [9.17, 15) is 0 Å². The smallest absolute Gasteiger partial charge is 0.152 e. The molecule has 0 saturated heterocycles. The molecule has 0 bridgehead atoms. The van der Waals surface area contributed by atoms with Crippen molar-refractivity contribution in [2.24, 2.45) is 11.5 Å². The fourth-order valence-electron chi connectivity index (χ4n) is 0.367. The van der Waals surface area contributed by atoms with Crippen LogP contribution in [0.5, 0.6) is 0 Å². The van der Waals surface area contributed by atoms with Gasteiger partial charge in [-0.1, -0.05) is 0 Å². The first kappa shape index (κ1) is 7.84. The predicted octanol–water partition coefficient (Wildman–Crippen LogP) is -2.03. The second kappa shape index (κ2) is 3.80. The number of hydrogen-bond donors (Lipinski definition) is 4. The fraction of sp³-hybridized carbons (Fsp3) is 1.00. The zero-order chi connectivity index (χ0) is 6.57. The van der Waals surface area contributed by atoms with Crippen LogP contribution in [0.25, 0.3) is 0 Å². The van der Waals surface area contributed by atoms with Gasteiger partial charge in [0.1, 0.15) is 0 Å². The lowest BCUT2D eigenvalue weighted by atomic mass is 10.2. The maximum Gasteiger partial charge on any atom is 0.152 e. The summed E-state index contributed by atoms with van der Waals surface area (Å²) in [7, 11) is 0. The molecule has 4 nitrogen and oxygen atoms in total. The molecule has 0 aliphatic heterocycles. The average Bonchev–Trinajstić information content (AvgIpc) is 1.65. The van der Waals surface area contributed by atoms with Gasteiger partial charge in [-0.05, 0) is 0 Å². The Morgan fingerprint density at radius 2 is 1.88 bits per heavy atom. The molecule has 0 aliphatic carbocycles. The second-order valence-electron chi connectivity index (χ2n) is 1.71. The van der Waals surface area contributed by atoms with E-state index in [0.29, 0.717) is 0 Å². The van der Waals surface area contributed by atoms with Gasteiger partial charge in [-0.15, -0.1) is 0 Å². The van der Waals surface area contributed by atoms with Gasteiger partial charge in [0.2, 0.25) is 0 Å². The third-order valence-corrected chi connectivity index (χ3v) is 0.816. The van der Waals surface area contributed by atoms with E-state index in [1.54, 1.807) is 0 Å². The van der Waals surface area contributed by atoms with Crippen LogP contribution < -0.4 is 11.5 Å². The first-order chi connectivity index (χ1) is 3.66. The monoisotopic (exact) mass is 120 g/mol. The second-order valence-corrected chi connectivity index (χ2v) is 1.71. The number of aliphatic hydroxyl groups excluding tert-OH is 1. The highest BCUT2D eigenvalue weighted by Gasteiger charge is 2.03. The summed E-state index contributed by atoms with van der Waals surface area (Å²) in [6.45, 7) is 0.289.